The van der Waals surface area contributed by atoms with Crippen molar-refractivity contribution in [3.05, 3.63) is 63.2 Å². The van der Waals surface area contributed by atoms with Gasteiger partial charge in [0, 0.05) is 11.1 Å². The van der Waals surface area contributed by atoms with Crippen molar-refractivity contribution < 1.29 is 19.2 Å². The van der Waals surface area contributed by atoms with Crippen LogP contribution in [0.5, 0.6) is 11.5 Å². The predicted octanol–water partition coefficient (Wildman–Crippen LogP) is 4.11. The zero-order valence-electron chi connectivity index (χ0n) is 12.4. The number of hydrogen-bond acceptors (Lipinski definition) is 6. The molecule has 0 aromatic heterocycles. The van der Waals surface area contributed by atoms with Gasteiger partial charge in [-0.05, 0) is 43.3 Å². The Balaban J connectivity index is 2.17. The van der Waals surface area contributed by atoms with Crippen LogP contribution in [0.4, 0.5) is 5.69 Å². The van der Waals surface area contributed by atoms with Crippen LogP contribution in [0.2, 0.25) is 5.02 Å². The van der Waals surface area contributed by atoms with Crippen molar-refractivity contribution in [2.24, 2.45) is 0 Å². The molecule has 0 heterocycles. The zero-order chi connectivity index (χ0) is 17.7. The number of rotatable bonds is 5. The summed E-state index contributed by atoms with van der Waals surface area (Å²) in [6, 6.07) is 11.6. The lowest BCUT2D eigenvalue weighted by Crippen LogP contribution is -2.12. The third kappa shape index (κ3) is 4.21. The maximum Gasteiger partial charge on any atom is 0.339 e. The number of ether oxygens (including phenoxy) is 2. The molecule has 0 fully saturated rings. The van der Waals surface area contributed by atoms with Gasteiger partial charge >= 0.3 is 11.7 Å². The number of carbonyl (C=O) groups is 1. The smallest absolute Gasteiger partial charge is 0.339 e. The Morgan fingerprint density at radius 1 is 1.29 bits per heavy atom. The number of nitriles is 1. The molecule has 2 rings (SSSR count). The maximum absolute atomic E-state index is 11.7. The van der Waals surface area contributed by atoms with Crippen molar-refractivity contribution in [3.8, 4) is 17.6 Å². The Hall–Kier alpha value is -3.11. The molecule has 2 aromatic rings. The molecule has 24 heavy (non-hydrogen) atoms. The molecule has 0 amide bonds. The minimum atomic E-state index is -0.856. The summed E-state index contributed by atoms with van der Waals surface area (Å²) in [5.41, 5.74) is -0.0381. The first-order chi connectivity index (χ1) is 11.4. The summed E-state index contributed by atoms with van der Waals surface area (Å²) in [5.74, 6) is -0.323. The fraction of sp³-hybridized carbons (Fsp3) is 0.125. The fourth-order valence-corrected chi connectivity index (χ4v) is 1.93. The second-order valence-electron chi connectivity index (χ2n) is 4.67. The standard InChI is InChI=1S/C16H11ClN2O5/c1-10(9-18)23-16(20)11-2-5-13(6-3-11)24-15-7-4-12(17)8-14(15)19(21)22/h2-8,10H,1H3/t10-/m1/s1. The molecule has 0 radical (unpaired) electrons. The van der Waals surface area contributed by atoms with E-state index in [1.54, 1.807) is 6.07 Å². The Kier molecular flexibility index (Phi) is 5.35. The van der Waals surface area contributed by atoms with E-state index in [0.717, 1.165) is 0 Å². The van der Waals surface area contributed by atoms with E-state index in [1.807, 2.05) is 0 Å². The number of halogens is 1. The van der Waals surface area contributed by atoms with Gasteiger partial charge in [-0.1, -0.05) is 11.6 Å². The van der Waals surface area contributed by atoms with E-state index in [2.05, 4.69) is 0 Å². The van der Waals surface area contributed by atoms with Crippen LogP contribution in [0.1, 0.15) is 17.3 Å². The number of benzene rings is 2. The van der Waals surface area contributed by atoms with Gasteiger partial charge in [0.1, 0.15) is 11.8 Å². The molecule has 122 valence electrons. The lowest BCUT2D eigenvalue weighted by molar-refractivity contribution is -0.385. The molecule has 0 saturated carbocycles. The summed E-state index contributed by atoms with van der Waals surface area (Å²) in [4.78, 5) is 22.2. The lowest BCUT2D eigenvalue weighted by atomic mass is 10.2. The number of nitrogens with zero attached hydrogens (tertiary/aromatic N) is 2. The highest BCUT2D eigenvalue weighted by molar-refractivity contribution is 6.30. The van der Waals surface area contributed by atoms with Gasteiger partial charge in [0.2, 0.25) is 5.75 Å². The first kappa shape index (κ1) is 17.2. The Morgan fingerprint density at radius 2 is 1.96 bits per heavy atom. The average Bonchev–Trinajstić information content (AvgIpc) is 2.56. The molecule has 0 aliphatic rings. The normalized spacial score (nSPS) is 11.2. The molecule has 0 spiro atoms. The Bertz CT molecular complexity index is 814. The van der Waals surface area contributed by atoms with E-state index in [0.29, 0.717) is 5.75 Å². The third-order valence-corrected chi connectivity index (χ3v) is 3.14. The van der Waals surface area contributed by atoms with Gasteiger partial charge in [-0.2, -0.15) is 5.26 Å². The molecule has 0 saturated heterocycles. The number of nitro groups is 1. The van der Waals surface area contributed by atoms with Gasteiger partial charge in [0.15, 0.2) is 6.10 Å². The molecule has 0 aliphatic carbocycles. The van der Waals surface area contributed by atoms with Gasteiger partial charge in [-0.25, -0.2) is 4.79 Å². The van der Waals surface area contributed by atoms with Crippen molar-refractivity contribution >= 4 is 23.3 Å². The second-order valence-corrected chi connectivity index (χ2v) is 5.11. The average molecular weight is 347 g/mol. The van der Waals surface area contributed by atoms with Crippen LogP contribution in [0.25, 0.3) is 0 Å². The summed E-state index contributed by atoms with van der Waals surface area (Å²) < 4.78 is 10.3. The monoisotopic (exact) mass is 346 g/mol. The van der Waals surface area contributed by atoms with E-state index >= 15 is 0 Å². The lowest BCUT2D eigenvalue weighted by Gasteiger charge is -2.08. The number of hydrogen-bond donors (Lipinski definition) is 0. The van der Waals surface area contributed by atoms with E-state index in [9.17, 15) is 14.9 Å². The molecular weight excluding hydrogens is 336 g/mol. The highest BCUT2D eigenvalue weighted by atomic mass is 35.5. The minimum Gasteiger partial charge on any atom is -0.450 e. The molecule has 7 nitrogen and oxygen atoms in total. The summed E-state index contributed by atoms with van der Waals surface area (Å²) in [7, 11) is 0. The molecule has 0 bridgehead atoms. The second kappa shape index (κ2) is 7.44. The van der Waals surface area contributed by atoms with Crippen LogP contribution >= 0.6 is 11.6 Å². The van der Waals surface area contributed by atoms with Crippen molar-refractivity contribution in [1.82, 2.24) is 0 Å². The summed E-state index contributed by atoms with van der Waals surface area (Å²) >= 11 is 5.74. The van der Waals surface area contributed by atoms with Crippen LogP contribution in [0.3, 0.4) is 0 Å². The highest BCUT2D eigenvalue weighted by Gasteiger charge is 2.17. The van der Waals surface area contributed by atoms with E-state index < -0.39 is 17.0 Å². The molecule has 0 unspecified atom stereocenters. The summed E-state index contributed by atoms with van der Waals surface area (Å²) in [6.45, 7) is 1.45. The molecule has 1 atom stereocenters. The first-order valence-corrected chi connectivity index (χ1v) is 7.11. The van der Waals surface area contributed by atoms with Crippen molar-refractivity contribution in [1.29, 1.82) is 5.26 Å². The molecule has 0 aliphatic heterocycles. The number of nitro benzene ring substituents is 1. The van der Waals surface area contributed by atoms with Crippen LogP contribution in [-0.2, 0) is 4.74 Å². The summed E-state index contributed by atoms with van der Waals surface area (Å²) in [5, 5.41) is 19.9. The largest absolute Gasteiger partial charge is 0.450 e. The van der Waals surface area contributed by atoms with E-state index in [-0.39, 0.29) is 22.0 Å². The van der Waals surface area contributed by atoms with Gasteiger partial charge < -0.3 is 9.47 Å². The van der Waals surface area contributed by atoms with Crippen molar-refractivity contribution in [2.45, 2.75) is 13.0 Å². The molecule has 8 heteroatoms. The van der Waals surface area contributed by atoms with Crippen LogP contribution in [0, 0.1) is 21.4 Å². The van der Waals surface area contributed by atoms with Crippen LogP contribution in [-0.4, -0.2) is 17.0 Å². The van der Waals surface area contributed by atoms with Crippen LogP contribution in [0.15, 0.2) is 42.5 Å². The van der Waals surface area contributed by atoms with E-state index in [4.69, 9.17) is 26.3 Å². The summed E-state index contributed by atoms with van der Waals surface area (Å²) in [6.07, 6.45) is -0.856. The van der Waals surface area contributed by atoms with Crippen LogP contribution < -0.4 is 4.74 Å². The van der Waals surface area contributed by atoms with Crippen molar-refractivity contribution in [2.75, 3.05) is 0 Å². The van der Waals surface area contributed by atoms with Gasteiger partial charge in [-0.3, -0.25) is 10.1 Å². The minimum absolute atomic E-state index is 0.0258. The Morgan fingerprint density at radius 3 is 2.54 bits per heavy atom. The first-order valence-electron chi connectivity index (χ1n) is 6.73. The van der Waals surface area contributed by atoms with Gasteiger partial charge in [0.05, 0.1) is 10.5 Å². The van der Waals surface area contributed by atoms with Crippen molar-refractivity contribution in [3.63, 3.8) is 0 Å². The van der Waals surface area contributed by atoms with Gasteiger partial charge in [-0.15, -0.1) is 0 Å². The molecule has 0 N–H and O–H groups in total. The predicted molar refractivity (Wildman–Crippen MR) is 85.1 cm³/mol. The SMILES string of the molecule is C[C@H](C#N)OC(=O)c1ccc(Oc2ccc(Cl)cc2[N+](=O)[O-])cc1. The topological polar surface area (TPSA) is 102 Å². The fourth-order valence-electron chi connectivity index (χ4n) is 1.76. The third-order valence-electron chi connectivity index (χ3n) is 2.90. The maximum atomic E-state index is 11.7. The quantitative estimate of drug-likeness (QED) is 0.458. The highest BCUT2D eigenvalue weighted by Crippen LogP contribution is 2.33. The van der Waals surface area contributed by atoms with Gasteiger partial charge in [0.25, 0.3) is 0 Å². The van der Waals surface area contributed by atoms with E-state index in [1.165, 1.54) is 49.4 Å². The number of carbonyl (C=O) groups excluding carboxylic acids is 1. The number of esters is 1. The Labute approximate surface area is 142 Å². The molecular formula is C16H11ClN2O5. The zero-order valence-corrected chi connectivity index (χ0v) is 13.2. The molecule has 2 aromatic carbocycles.